The Morgan fingerprint density at radius 1 is 1.27 bits per heavy atom. The summed E-state index contributed by atoms with van der Waals surface area (Å²) < 4.78 is 30.6. The number of aliphatic hydroxyl groups excluding tert-OH is 1. The molecule has 8 heteroatoms. The molecule has 1 aliphatic heterocycles. The van der Waals surface area contributed by atoms with Gasteiger partial charge in [0.1, 0.15) is 0 Å². The zero-order valence-electron chi connectivity index (χ0n) is 22.5. The van der Waals surface area contributed by atoms with Crippen molar-refractivity contribution < 1.29 is 28.6 Å². The summed E-state index contributed by atoms with van der Waals surface area (Å²) in [6.45, 7) is 3.66. The molecule has 4 aliphatic carbocycles. The highest BCUT2D eigenvalue weighted by atomic mass is 19.1. The third-order valence-electron chi connectivity index (χ3n) is 10.9. The number of nitrogens with zero attached hydrogens (tertiary/aromatic N) is 2. The molecule has 1 saturated heterocycles. The second kappa shape index (κ2) is 8.39. The second-order valence-electron chi connectivity index (χ2n) is 12.5. The number of alkyl halides is 1. The van der Waals surface area contributed by atoms with Crippen LogP contribution in [-0.4, -0.2) is 45.1 Å². The van der Waals surface area contributed by atoms with Crippen LogP contribution < -0.4 is 0 Å². The van der Waals surface area contributed by atoms with E-state index >= 15 is 4.39 Å². The average molecular weight is 543 g/mol. The summed E-state index contributed by atoms with van der Waals surface area (Å²) in [5.74, 6) is -1.50. The Bertz CT molecular complexity index is 1560. The molecule has 2 aromatic rings. The van der Waals surface area contributed by atoms with Crippen molar-refractivity contribution in [1.82, 2.24) is 4.98 Å². The summed E-state index contributed by atoms with van der Waals surface area (Å²) in [5, 5.41) is 22.1. The van der Waals surface area contributed by atoms with Gasteiger partial charge in [-0.25, -0.2) is 4.39 Å². The number of Topliss-reactive ketones (excluding diaryl/α,β-unsaturated/α-hetero) is 1. The molecule has 4 fully saturated rings. The number of halogens is 1. The number of para-hydroxylation sites is 1. The SMILES string of the molecule is C[C@]12C=CC(=O)C=C1CC[C@H]1[C@@H]3C[C@H]4OC(c5cnc6ccccc6c5)O[C@@]4(C(=O)CC#N)[C@@]3(C)C[C@H](O)[C@@]12F. The van der Waals surface area contributed by atoms with E-state index in [2.05, 4.69) is 4.98 Å². The third-order valence-corrected chi connectivity index (χ3v) is 10.9. The van der Waals surface area contributed by atoms with Crippen LogP contribution in [-0.2, 0) is 19.1 Å². The van der Waals surface area contributed by atoms with Crippen LogP contribution in [0.25, 0.3) is 10.9 Å². The molecule has 5 aliphatic rings. The van der Waals surface area contributed by atoms with Gasteiger partial charge in [-0.1, -0.05) is 36.8 Å². The predicted octanol–water partition coefficient (Wildman–Crippen LogP) is 4.85. The van der Waals surface area contributed by atoms with Gasteiger partial charge >= 0.3 is 0 Å². The summed E-state index contributed by atoms with van der Waals surface area (Å²) in [7, 11) is 0. The van der Waals surface area contributed by atoms with Gasteiger partial charge in [0.15, 0.2) is 29.1 Å². The molecule has 206 valence electrons. The minimum atomic E-state index is -2.03. The van der Waals surface area contributed by atoms with Gasteiger partial charge in [0.2, 0.25) is 0 Å². The lowest BCUT2D eigenvalue weighted by Gasteiger charge is -2.62. The van der Waals surface area contributed by atoms with Crippen LogP contribution in [0.1, 0.15) is 57.8 Å². The number of pyridine rings is 1. The van der Waals surface area contributed by atoms with Crippen molar-refractivity contribution >= 4 is 22.5 Å². The van der Waals surface area contributed by atoms with Crippen molar-refractivity contribution in [3.05, 3.63) is 65.9 Å². The maximum atomic E-state index is 17.5. The number of ether oxygens (including phenoxy) is 2. The molecule has 1 aromatic carbocycles. The molecule has 0 bridgehead atoms. The lowest BCUT2D eigenvalue weighted by atomic mass is 9.44. The number of hydrogen-bond donors (Lipinski definition) is 1. The highest BCUT2D eigenvalue weighted by Crippen LogP contribution is 2.72. The number of ketones is 2. The maximum Gasteiger partial charge on any atom is 0.187 e. The standard InChI is InChI=1S/C32H31FN2O5/c1-29-11-9-21(36)14-20(29)7-8-22-23-15-27-32(25(37)10-12-34,30(23,2)16-26(38)31(22,29)33)40-28(39-27)19-13-18-5-3-4-6-24(18)35-17-19/h3-6,9,11,13-14,17,22-23,26-28,38H,7-8,10,15-16H2,1-2H3/t22-,23-,26-,27+,28?,29-,30-,31-,32+/m0/s1. The van der Waals surface area contributed by atoms with Gasteiger partial charge in [-0.15, -0.1) is 0 Å². The quantitative estimate of drug-likeness (QED) is 0.590. The Labute approximate surface area is 231 Å². The monoisotopic (exact) mass is 542 g/mol. The van der Waals surface area contributed by atoms with Crippen molar-refractivity contribution in [3.63, 3.8) is 0 Å². The van der Waals surface area contributed by atoms with Crippen molar-refractivity contribution in [2.45, 2.75) is 75.7 Å². The van der Waals surface area contributed by atoms with E-state index in [0.29, 0.717) is 30.4 Å². The van der Waals surface area contributed by atoms with Crippen LogP contribution in [0.15, 0.2) is 60.3 Å². The molecule has 0 amide bonds. The maximum absolute atomic E-state index is 17.5. The summed E-state index contributed by atoms with van der Waals surface area (Å²) in [6, 6.07) is 11.6. The lowest BCUT2D eigenvalue weighted by Crippen LogP contribution is -2.69. The van der Waals surface area contributed by atoms with Gasteiger partial charge in [-0.05, 0) is 62.8 Å². The molecule has 1 N–H and O–H groups in total. The first kappa shape index (κ1) is 25.7. The number of allylic oxidation sites excluding steroid dienone is 4. The molecule has 40 heavy (non-hydrogen) atoms. The van der Waals surface area contributed by atoms with Gasteiger partial charge < -0.3 is 14.6 Å². The van der Waals surface area contributed by atoms with Crippen LogP contribution in [0, 0.1) is 34.0 Å². The van der Waals surface area contributed by atoms with E-state index in [4.69, 9.17) is 9.47 Å². The molecule has 9 atom stereocenters. The van der Waals surface area contributed by atoms with Crippen molar-refractivity contribution in [3.8, 4) is 6.07 Å². The highest BCUT2D eigenvalue weighted by Gasteiger charge is 2.79. The Morgan fingerprint density at radius 3 is 2.88 bits per heavy atom. The fourth-order valence-corrected chi connectivity index (χ4v) is 9.02. The number of hydrogen-bond acceptors (Lipinski definition) is 7. The van der Waals surface area contributed by atoms with Crippen LogP contribution in [0.5, 0.6) is 0 Å². The Balaban J connectivity index is 1.31. The third kappa shape index (κ3) is 3.01. The predicted molar refractivity (Wildman–Crippen MR) is 142 cm³/mol. The molecule has 0 spiro atoms. The van der Waals surface area contributed by atoms with Crippen molar-refractivity contribution in [1.29, 1.82) is 5.26 Å². The first-order valence-corrected chi connectivity index (χ1v) is 14.0. The van der Waals surface area contributed by atoms with E-state index in [0.717, 1.165) is 10.9 Å². The van der Waals surface area contributed by atoms with Crippen LogP contribution in [0.2, 0.25) is 0 Å². The van der Waals surface area contributed by atoms with E-state index in [1.807, 2.05) is 43.3 Å². The Kier molecular flexibility index (Phi) is 5.39. The van der Waals surface area contributed by atoms with E-state index in [1.54, 1.807) is 19.2 Å². The summed E-state index contributed by atoms with van der Waals surface area (Å²) in [6.07, 6.45) is 4.10. The van der Waals surface area contributed by atoms with E-state index in [-0.39, 0.29) is 24.5 Å². The van der Waals surface area contributed by atoms with Gasteiger partial charge in [-0.3, -0.25) is 14.6 Å². The van der Waals surface area contributed by atoms with Crippen molar-refractivity contribution in [2.75, 3.05) is 0 Å². The van der Waals surface area contributed by atoms with Gasteiger partial charge in [0.05, 0.1) is 30.2 Å². The van der Waals surface area contributed by atoms with Crippen molar-refractivity contribution in [2.24, 2.45) is 22.7 Å². The lowest BCUT2D eigenvalue weighted by molar-refractivity contribution is -0.230. The summed E-state index contributed by atoms with van der Waals surface area (Å²) in [5.41, 5.74) is -3.47. The minimum absolute atomic E-state index is 0.0327. The highest BCUT2D eigenvalue weighted by molar-refractivity contribution is 6.01. The molecule has 2 heterocycles. The Hall–Kier alpha value is -3.25. The summed E-state index contributed by atoms with van der Waals surface area (Å²) >= 11 is 0. The van der Waals surface area contributed by atoms with Gasteiger partial charge in [0.25, 0.3) is 0 Å². The van der Waals surface area contributed by atoms with Gasteiger partial charge in [-0.2, -0.15) is 5.26 Å². The molecule has 7 nitrogen and oxygen atoms in total. The number of carbonyl (C=O) groups excluding carboxylic acids is 2. The number of rotatable bonds is 3. The number of nitriles is 1. The molecular formula is C32H31FN2O5. The molecule has 7 rings (SSSR count). The van der Waals surface area contributed by atoms with E-state index in [9.17, 15) is 20.0 Å². The number of benzene rings is 1. The first-order chi connectivity index (χ1) is 19.1. The molecular weight excluding hydrogens is 511 g/mol. The minimum Gasteiger partial charge on any atom is -0.390 e. The number of fused-ring (bicyclic) bond motifs is 8. The molecule has 1 unspecified atom stereocenters. The number of aromatic nitrogens is 1. The largest absolute Gasteiger partial charge is 0.390 e. The fraction of sp³-hybridized carbons (Fsp3) is 0.500. The van der Waals surface area contributed by atoms with E-state index < -0.39 is 52.3 Å². The summed E-state index contributed by atoms with van der Waals surface area (Å²) in [4.78, 5) is 30.5. The normalized spacial score (nSPS) is 43.3. The topological polar surface area (TPSA) is 110 Å². The Morgan fingerprint density at radius 2 is 2.08 bits per heavy atom. The van der Waals surface area contributed by atoms with Crippen LogP contribution in [0.3, 0.4) is 0 Å². The second-order valence-corrected chi connectivity index (χ2v) is 12.5. The first-order valence-electron chi connectivity index (χ1n) is 14.0. The zero-order valence-corrected chi connectivity index (χ0v) is 22.5. The number of carbonyl (C=O) groups is 2. The van der Waals surface area contributed by atoms with Crippen LogP contribution >= 0.6 is 0 Å². The van der Waals surface area contributed by atoms with Gasteiger partial charge in [0, 0.05) is 33.9 Å². The average Bonchev–Trinajstić information content (AvgIpc) is 3.43. The molecule has 1 aromatic heterocycles. The zero-order chi connectivity index (χ0) is 28.1. The number of aliphatic hydroxyl groups is 1. The molecule has 3 saturated carbocycles. The fourth-order valence-electron chi connectivity index (χ4n) is 9.02. The van der Waals surface area contributed by atoms with E-state index in [1.165, 1.54) is 12.2 Å². The smallest absolute Gasteiger partial charge is 0.187 e. The molecule has 0 radical (unpaired) electrons. The van der Waals surface area contributed by atoms with Crippen LogP contribution in [0.4, 0.5) is 4.39 Å².